The molecule has 0 aliphatic heterocycles. The van der Waals surface area contributed by atoms with Gasteiger partial charge in [-0.15, -0.1) is 10.2 Å². The van der Waals surface area contributed by atoms with Crippen molar-refractivity contribution in [1.29, 1.82) is 0 Å². The highest BCUT2D eigenvalue weighted by molar-refractivity contribution is 9.10. The Labute approximate surface area is 121 Å². The molecule has 0 aliphatic carbocycles. The van der Waals surface area contributed by atoms with Gasteiger partial charge in [-0.3, -0.25) is 0 Å². The maximum absolute atomic E-state index is 5.65. The maximum atomic E-state index is 5.65. The van der Waals surface area contributed by atoms with E-state index in [1.165, 1.54) is 0 Å². The molecule has 0 radical (unpaired) electrons. The van der Waals surface area contributed by atoms with E-state index < -0.39 is 8.07 Å². The van der Waals surface area contributed by atoms with E-state index in [0.29, 0.717) is 11.1 Å². The second-order valence-corrected chi connectivity index (χ2v) is 13.1. The average molecular weight is 343 g/mol. The van der Waals surface area contributed by atoms with Gasteiger partial charge in [-0.2, -0.15) is 0 Å². The molecule has 1 aromatic carbocycles. The summed E-state index contributed by atoms with van der Waals surface area (Å²) >= 11 is 5.06. The molecule has 0 N–H and O–H groups in total. The van der Waals surface area contributed by atoms with Gasteiger partial charge in [0, 0.05) is 10.0 Å². The van der Waals surface area contributed by atoms with E-state index in [1.54, 1.807) is 11.8 Å². The van der Waals surface area contributed by atoms with Crippen molar-refractivity contribution in [2.45, 2.75) is 24.9 Å². The highest BCUT2D eigenvalue weighted by atomic mass is 79.9. The number of nitrogens with zero attached hydrogens (tertiary/aromatic N) is 2. The summed E-state index contributed by atoms with van der Waals surface area (Å²) in [7, 11) is -1.09. The summed E-state index contributed by atoms with van der Waals surface area (Å²) in [6.45, 7) is 6.98. The first-order chi connectivity index (χ1) is 8.44. The molecule has 6 heteroatoms. The highest BCUT2D eigenvalue weighted by Gasteiger charge is 2.16. The minimum absolute atomic E-state index is 0.584. The molecule has 3 nitrogen and oxygen atoms in total. The van der Waals surface area contributed by atoms with E-state index in [0.717, 1.165) is 15.4 Å². The van der Waals surface area contributed by atoms with Crippen LogP contribution in [0.25, 0.3) is 11.5 Å². The van der Waals surface area contributed by atoms with Crippen molar-refractivity contribution in [1.82, 2.24) is 10.2 Å². The fourth-order valence-electron chi connectivity index (χ4n) is 1.26. The third-order valence-electron chi connectivity index (χ3n) is 2.13. The van der Waals surface area contributed by atoms with Crippen LogP contribution in [0.4, 0.5) is 0 Å². The fourth-order valence-corrected chi connectivity index (χ4v) is 3.98. The second-order valence-electron chi connectivity index (χ2n) is 5.23. The first kappa shape index (κ1) is 13.8. The predicted molar refractivity (Wildman–Crippen MR) is 81.5 cm³/mol. The van der Waals surface area contributed by atoms with Gasteiger partial charge in [0.25, 0.3) is 5.22 Å². The SMILES string of the molecule is C[Si](C)(C)CSc1nnc(-c2ccc(Br)cc2)o1. The smallest absolute Gasteiger partial charge is 0.276 e. The Balaban J connectivity index is 2.08. The molecular formula is C12H15BrN2OSSi. The minimum Gasteiger partial charge on any atom is -0.411 e. The standard InChI is InChI=1S/C12H15BrN2OSSi/c1-18(2,3)8-17-12-15-14-11(16-12)9-4-6-10(13)7-5-9/h4-7H,8H2,1-3H3. The lowest BCUT2D eigenvalue weighted by atomic mass is 10.2. The van der Waals surface area contributed by atoms with Crippen molar-refractivity contribution in [2.75, 3.05) is 5.38 Å². The normalized spacial score (nSPS) is 11.8. The molecule has 1 heterocycles. The molecule has 0 bridgehead atoms. The summed E-state index contributed by atoms with van der Waals surface area (Å²) in [5.41, 5.74) is 0.950. The van der Waals surface area contributed by atoms with E-state index in [2.05, 4.69) is 45.8 Å². The third kappa shape index (κ3) is 3.96. The number of benzene rings is 1. The lowest BCUT2D eigenvalue weighted by Crippen LogP contribution is -2.23. The van der Waals surface area contributed by atoms with E-state index in [-0.39, 0.29) is 0 Å². The monoisotopic (exact) mass is 342 g/mol. The van der Waals surface area contributed by atoms with Gasteiger partial charge in [-0.1, -0.05) is 47.3 Å². The molecule has 0 atom stereocenters. The van der Waals surface area contributed by atoms with Crippen LogP contribution in [-0.2, 0) is 0 Å². The molecule has 2 aromatic rings. The Morgan fingerprint density at radius 2 is 1.83 bits per heavy atom. The lowest BCUT2D eigenvalue weighted by Gasteiger charge is -2.12. The van der Waals surface area contributed by atoms with Crippen LogP contribution in [0.5, 0.6) is 0 Å². The van der Waals surface area contributed by atoms with Gasteiger partial charge < -0.3 is 4.42 Å². The highest BCUT2D eigenvalue weighted by Crippen LogP contribution is 2.25. The number of rotatable bonds is 4. The number of hydrogen-bond donors (Lipinski definition) is 0. The molecule has 0 amide bonds. The molecule has 0 saturated heterocycles. The summed E-state index contributed by atoms with van der Waals surface area (Å²) < 4.78 is 6.69. The van der Waals surface area contributed by atoms with Crippen molar-refractivity contribution in [3.63, 3.8) is 0 Å². The van der Waals surface area contributed by atoms with Crippen molar-refractivity contribution in [3.8, 4) is 11.5 Å². The Kier molecular flexibility index (Phi) is 4.29. The zero-order chi connectivity index (χ0) is 13.2. The molecule has 96 valence electrons. The zero-order valence-electron chi connectivity index (χ0n) is 10.6. The van der Waals surface area contributed by atoms with Gasteiger partial charge in [0.05, 0.1) is 8.07 Å². The van der Waals surface area contributed by atoms with E-state index >= 15 is 0 Å². The Morgan fingerprint density at radius 1 is 1.17 bits per heavy atom. The van der Waals surface area contributed by atoms with Crippen molar-refractivity contribution in [3.05, 3.63) is 28.7 Å². The summed E-state index contributed by atoms with van der Waals surface area (Å²) in [6.07, 6.45) is 0. The summed E-state index contributed by atoms with van der Waals surface area (Å²) in [6, 6.07) is 7.86. The molecule has 0 saturated carbocycles. The van der Waals surface area contributed by atoms with E-state index in [4.69, 9.17) is 4.42 Å². The third-order valence-corrected chi connectivity index (χ3v) is 7.11. The number of hydrogen-bond acceptors (Lipinski definition) is 4. The molecule has 1 aromatic heterocycles. The molecule has 18 heavy (non-hydrogen) atoms. The van der Waals surface area contributed by atoms with Crippen molar-refractivity contribution < 1.29 is 4.42 Å². The summed E-state index contributed by atoms with van der Waals surface area (Å²) in [5.74, 6) is 0.584. The Morgan fingerprint density at radius 3 is 2.44 bits per heavy atom. The van der Waals surface area contributed by atoms with Gasteiger partial charge in [0.15, 0.2) is 0 Å². The number of halogens is 1. The topological polar surface area (TPSA) is 38.9 Å². The lowest BCUT2D eigenvalue weighted by molar-refractivity contribution is 0.466. The van der Waals surface area contributed by atoms with Crippen LogP contribution in [0.3, 0.4) is 0 Å². The second kappa shape index (κ2) is 5.58. The zero-order valence-corrected chi connectivity index (χ0v) is 14.0. The van der Waals surface area contributed by atoms with E-state index in [1.807, 2.05) is 24.3 Å². The minimum atomic E-state index is -1.09. The van der Waals surface area contributed by atoms with Crippen LogP contribution in [0.2, 0.25) is 19.6 Å². The van der Waals surface area contributed by atoms with Crippen molar-refractivity contribution >= 4 is 35.8 Å². The van der Waals surface area contributed by atoms with Crippen LogP contribution in [-0.4, -0.2) is 23.6 Å². The average Bonchev–Trinajstić information content (AvgIpc) is 2.75. The molecule has 0 fully saturated rings. The van der Waals surface area contributed by atoms with Gasteiger partial charge in [0.2, 0.25) is 5.89 Å². The van der Waals surface area contributed by atoms with Gasteiger partial charge in [0.1, 0.15) is 0 Å². The van der Waals surface area contributed by atoms with Crippen LogP contribution in [0.1, 0.15) is 0 Å². The van der Waals surface area contributed by atoms with Crippen LogP contribution in [0, 0.1) is 0 Å². The summed E-state index contributed by atoms with van der Waals surface area (Å²) in [4.78, 5) is 0. The Hall–Kier alpha value is -0.593. The van der Waals surface area contributed by atoms with Gasteiger partial charge in [-0.25, -0.2) is 0 Å². The van der Waals surface area contributed by atoms with Crippen LogP contribution < -0.4 is 0 Å². The van der Waals surface area contributed by atoms with Crippen molar-refractivity contribution in [2.24, 2.45) is 0 Å². The molecule has 0 spiro atoms. The van der Waals surface area contributed by atoms with Gasteiger partial charge >= 0.3 is 0 Å². The predicted octanol–water partition coefficient (Wildman–Crippen LogP) is 4.47. The number of aromatic nitrogens is 2. The fraction of sp³-hybridized carbons (Fsp3) is 0.333. The molecule has 2 rings (SSSR count). The first-order valence-electron chi connectivity index (χ1n) is 5.66. The Bertz CT molecular complexity index is 522. The maximum Gasteiger partial charge on any atom is 0.276 e. The van der Waals surface area contributed by atoms with Crippen LogP contribution in [0.15, 0.2) is 38.4 Å². The molecule has 0 aliphatic rings. The van der Waals surface area contributed by atoms with Gasteiger partial charge in [-0.05, 0) is 29.6 Å². The van der Waals surface area contributed by atoms with Crippen LogP contribution >= 0.6 is 27.7 Å². The quantitative estimate of drug-likeness (QED) is 0.607. The van der Waals surface area contributed by atoms with E-state index in [9.17, 15) is 0 Å². The largest absolute Gasteiger partial charge is 0.411 e. The first-order valence-corrected chi connectivity index (χ1v) is 11.1. The summed E-state index contributed by atoms with van der Waals surface area (Å²) in [5, 5.41) is 9.91. The number of thioether (sulfide) groups is 1. The molecule has 0 unspecified atom stereocenters. The molecular weight excluding hydrogens is 328 g/mol.